The van der Waals surface area contributed by atoms with E-state index < -0.39 is 0 Å². The van der Waals surface area contributed by atoms with Gasteiger partial charge in [-0.05, 0) is 0 Å². The molecule has 1 aromatic rings. The van der Waals surface area contributed by atoms with Crippen molar-refractivity contribution in [1.82, 2.24) is 25.9 Å². The standard InChI is InChI=1S/C7H9N5O3/c13-7(5-4-14-1-2-15-5)8-3-6-9-11-12-10-6/h4H,1-3H2,(H,8,13)(H,9,10,11,12). The molecule has 0 saturated carbocycles. The van der Waals surface area contributed by atoms with Gasteiger partial charge in [0.05, 0.1) is 6.54 Å². The van der Waals surface area contributed by atoms with Gasteiger partial charge in [-0.25, -0.2) is 0 Å². The molecule has 8 heteroatoms. The molecule has 2 N–H and O–H groups in total. The highest BCUT2D eigenvalue weighted by atomic mass is 16.6. The first kappa shape index (κ1) is 9.44. The van der Waals surface area contributed by atoms with Gasteiger partial charge >= 0.3 is 0 Å². The second-order valence-electron chi connectivity index (χ2n) is 2.71. The molecule has 0 unspecified atom stereocenters. The monoisotopic (exact) mass is 211 g/mol. The van der Waals surface area contributed by atoms with Crippen LogP contribution in [0.3, 0.4) is 0 Å². The first-order chi connectivity index (χ1) is 7.36. The molecule has 0 bridgehead atoms. The molecule has 0 radical (unpaired) electrons. The first-order valence-corrected chi connectivity index (χ1v) is 4.31. The molecule has 1 aromatic heterocycles. The summed E-state index contributed by atoms with van der Waals surface area (Å²) in [6.07, 6.45) is 1.29. The van der Waals surface area contributed by atoms with Crippen LogP contribution in [0.4, 0.5) is 0 Å². The summed E-state index contributed by atoms with van der Waals surface area (Å²) in [5.41, 5.74) is 0. The van der Waals surface area contributed by atoms with Gasteiger partial charge in [-0.15, -0.1) is 10.2 Å². The Labute approximate surface area is 84.6 Å². The Morgan fingerprint density at radius 2 is 2.53 bits per heavy atom. The zero-order valence-electron chi connectivity index (χ0n) is 7.77. The third-order valence-electron chi connectivity index (χ3n) is 1.67. The Balaban J connectivity index is 1.84. The number of H-pyrrole nitrogens is 1. The highest BCUT2D eigenvalue weighted by Crippen LogP contribution is 2.03. The van der Waals surface area contributed by atoms with Gasteiger partial charge in [-0.3, -0.25) is 4.79 Å². The lowest BCUT2D eigenvalue weighted by Gasteiger charge is -2.14. The number of carbonyl (C=O) groups is 1. The van der Waals surface area contributed by atoms with E-state index in [2.05, 4.69) is 25.9 Å². The molecule has 1 aliphatic heterocycles. The predicted molar refractivity (Wildman–Crippen MR) is 46.0 cm³/mol. The lowest BCUT2D eigenvalue weighted by molar-refractivity contribution is -0.122. The number of hydrogen-bond donors (Lipinski definition) is 2. The van der Waals surface area contributed by atoms with Gasteiger partial charge < -0.3 is 14.8 Å². The van der Waals surface area contributed by atoms with Gasteiger partial charge in [0.25, 0.3) is 5.91 Å². The van der Waals surface area contributed by atoms with E-state index in [1.807, 2.05) is 0 Å². The fourth-order valence-electron chi connectivity index (χ4n) is 0.991. The first-order valence-electron chi connectivity index (χ1n) is 4.31. The van der Waals surface area contributed by atoms with Crippen LogP contribution in [0.2, 0.25) is 0 Å². The quantitative estimate of drug-likeness (QED) is 0.644. The van der Waals surface area contributed by atoms with Crippen molar-refractivity contribution in [3.05, 3.63) is 17.8 Å². The summed E-state index contributed by atoms with van der Waals surface area (Å²) < 4.78 is 10.0. The van der Waals surface area contributed by atoms with Crippen LogP contribution < -0.4 is 5.32 Å². The third-order valence-corrected chi connectivity index (χ3v) is 1.67. The van der Waals surface area contributed by atoms with E-state index in [-0.39, 0.29) is 18.2 Å². The topological polar surface area (TPSA) is 102 Å². The number of ether oxygens (including phenoxy) is 2. The fourth-order valence-corrected chi connectivity index (χ4v) is 0.991. The largest absolute Gasteiger partial charge is 0.494 e. The van der Waals surface area contributed by atoms with Crippen molar-refractivity contribution in [2.24, 2.45) is 0 Å². The van der Waals surface area contributed by atoms with Gasteiger partial charge in [-0.1, -0.05) is 5.21 Å². The highest BCUT2D eigenvalue weighted by Gasteiger charge is 2.14. The number of nitrogens with one attached hydrogen (secondary N) is 2. The summed E-state index contributed by atoms with van der Waals surface area (Å²) in [6, 6.07) is 0. The number of aromatic amines is 1. The Morgan fingerprint density at radius 3 is 3.20 bits per heavy atom. The van der Waals surface area contributed by atoms with Gasteiger partial charge in [0, 0.05) is 0 Å². The van der Waals surface area contributed by atoms with Crippen molar-refractivity contribution in [2.75, 3.05) is 13.2 Å². The second kappa shape index (κ2) is 4.40. The number of nitrogens with zero attached hydrogens (tertiary/aromatic N) is 3. The van der Waals surface area contributed by atoms with E-state index in [0.717, 1.165) is 0 Å². The number of amides is 1. The van der Waals surface area contributed by atoms with E-state index in [9.17, 15) is 4.79 Å². The number of hydrogen-bond acceptors (Lipinski definition) is 6. The van der Waals surface area contributed by atoms with Crippen LogP contribution >= 0.6 is 0 Å². The second-order valence-corrected chi connectivity index (χ2v) is 2.71. The van der Waals surface area contributed by atoms with Crippen LogP contribution in [-0.4, -0.2) is 39.7 Å². The molecule has 8 nitrogen and oxygen atoms in total. The molecule has 2 heterocycles. The van der Waals surface area contributed by atoms with Crippen molar-refractivity contribution >= 4 is 5.91 Å². The number of aromatic nitrogens is 4. The molecule has 0 aliphatic carbocycles. The van der Waals surface area contributed by atoms with Crippen LogP contribution in [-0.2, 0) is 20.8 Å². The SMILES string of the molecule is O=C(NCc1nn[nH]n1)C1=COCCO1. The van der Waals surface area contributed by atoms with E-state index in [1.54, 1.807) is 0 Å². The van der Waals surface area contributed by atoms with Crippen LogP contribution in [0.5, 0.6) is 0 Å². The fraction of sp³-hybridized carbons (Fsp3) is 0.429. The molecule has 0 fully saturated rings. The molecule has 0 saturated heterocycles. The molecule has 0 aromatic carbocycles. The van der Waals surface area contributed by atoms with Crippen molar-refractivity contribution in [1.29, 1.82) is 0 Å². The van der Waals surface area contributed by atoms with E-state index in [4.69, 9.17) is 9.47 Å². The average Bonchev–Trinajstić information content (AvgIpc) is 2.80. The van der Waals surface area contributed by atoms with Crippen molar-refractivity contribution in [3.8, 4) is 0 Å². The van der Waals surface area contributed by atoms with Crippen molar-refractivity contribution < 1.29 is 14.3 Å². The Hall–Kier alpha value is -2.12. The van der Waals surface area contributed by atoms with Gasteiger partial charge in [-0.2, -0.15) is 5.21 Å². The maximum atomic E-state index is 11.4. The summed E-state index contributed by atoms with van der Waals surface area (Å²) in [7, 11) is 0. The molecule has 0 spiro atoms. The summed E-state index contributed by atoms with van der Waals surface area (Å²) in [5.74, 6) is 0.199. The van der Waals surface area contributed by atoms with Gasteiger partial charge in [0.15, 0.2) is 5.82 Å². The van der Waals surface area contributed by atoms with E-state index >= 15 is 0 Å². The summed E-state index contributed by atoms with van der Waals surface area (Å²) in [5, 5.41) is 15.6. The summed E-state index contributed by atoms with van der Waals surface area (Å²) in [6.45, 7) is 1.03. The van der Waals surface area contributed by atoms with E-state index in [0.29, 0.717) is 19.0 Å². The normalized spacial score (nSPS) is 14.8. The molecule has 1 amide bonds. The minimum absolute atomic E-state index is 0.157. The minimum Gasteiger partial charge on any atom is -0.494 e. The van der Waals surface area contributed by atoms with Crippen molar-refractivity contribution in [2.45, 2.75) is 6.54 Å². The summed E-state index contributed by atoms with van der Waals surface area (Å²) in [4.78, 5) is 11.4. The zero-order valence-corrected chi connectivity index (χ0v) is 7.77. The maximum Gasteiger partial charge on any atom is 0.290 e. The Bertz CT molecular complexity index is 361. The third kappa shape index (κ3) is 2.42. The minimum atomic E-state index is -0.362. The highest BCUT2D eigenvalue weighted by molar-refractivity contribution is 5.91. The lowest BCUT2D eigenvalue weighted by atomic mass is 10.4. The number of tetrazole rings is 1. The predicted octanol–water partition coefficient (Wildman–Crippen LogP) is -1.30. The van der Waals surface area contributed by atoms with E-state index in [1.165, 1.54) is 6.26 Å². The maximum absolute atomic E-state index is 11.4. The zero-order chi connectivity index (χ0) is 10.5. The average molecular weight is 211 g/mol. The summed E-state index contributed by atoms with van der Waals surface area (Å²) >= 11 is 0. The molecular formula is C7H9N5O3. The molecule has 80 valence electrons. The van der Waals surface area contributed by atoms with Crippen LogP contribution in [0.25, 0.3) is 0 Å². The van der Waals surface area contributed by atoms with Crippen LogP contribution in [0.15, 0.2) is 12.0 Å². The van der Waals surface area contributed by atoms with Crippen molar-refractivity contribution in [3.63, 3.8) is 0 Å². The molecule has 0 atom stereocenters. The van der Waals surface area contributed by atoms with Gasteiger partial charge in [0.1, 0.15) is 19.5 Å². The molecular weight excluding hydrogens is 202 g/mol. The number of rotatable bonds is 3. The Kier molecular flexibility index (Phi) is 2.77. The lowest BCUT2D eigenvalue weighted by Crippen LogP contribution is -2.28. The van der Waals surface area contributed by atoms with Crippen LogP contribution in [0.1, 0.15) is 5.82 Å². The number of carbonyl (C=O) groups excluding carboxylic acids is 1. The molecule has 15 heavy (non-hydrogen) atoms. The smallest absolute Gasteiger partial charge is 0.290 e. The Morgan fingerprint density at radius 1 is 1.60 bits per heavy atom. The molecule has 1 aliphatic rings. The van der Waals surface area contributed by atoms with Crippen LogP contribution in [0, 0.1) is 0 Å². The molecule has 2 rings (SSSR count). The van der Waals surface area contributed by atoms with Gasteiger partial charge in [0.2, 0.25) is 5.76 Å².